The quantitative estimate of drug-likeness (QED) is 0.883. The van der Waals surface area contributed by atoms with Gasteiger partial charge in [-0.05, 0) is 39.6 Å². The topological polar surface area (TPSA) is 74.2 Å². The number of rotatable bonds is 5. The highest BCUT2D eigenvalue weighted by Gasteiger charge is 2.24. The summed E-state index contributed by atoms with van der Waals surface area (Å²) in [7, 11) is 4.11. The van der Waals surface area contributed by atoms with E-state index in [9.17, 15) is 4.79 Å². The van der Waals surface area contributed by atoms with Gasteiger partial charge in [-0.3, -0.25) is 9.78 Å². The average Bonchev–Trinajstić information content (AvgIpc) is 2.61. The molecule has 3 rings (SSSR count). The van der Waals surface area contributed by atoms with Crippen LogP contribution in [-0.2, 0) is 17.8 Å². The molecule has 0 fully saturated rings. The highest BCUT2D eigenvalue weighted by Crippen LogP contribution is 2.27. The summed E-state index contributed by atoms with van der Waals surface area (Å²) in [6, 6.07) is 4.08. The Morgan fingerprint density at radius 1 is 1.38 bits per heavy atom. The van der Waals surface area contributed by atoms with Gasteiger partial charge in [-0.15, -0.1) is 0 Å². The second-order valence-corrected chi connectivity index (χ2v) is 7.06. The van der Waals surface area contributed by atoms with E-state index in [1.54, 1.807) is 19.3 Å². The molecule has 2 aromatic heterocycles. The lowest BCUT2D eigenvalue weighted by molar-refractivity contribution is -0.129. The van der Waals surface area contributed by atoms with Gasteiger partial charge >= 0.3 is 0 Å². The lowest BCUT2D eigenvalue weighted by Gasteiger charge is -2.29. The normalized spacial score (nSPS) is 14.9. The standard InChI is InChI=1S/C19H26N6O/c1-13(11-24(3)4)21-19-16-7-9-25(14(2)26)12-17(16)22-18(23-19)15-6-5-8-20-10-15/h5-6,8,10,13H,7,9,11-12H2,1-4H3,(H,21,22,23)/t13-/m1/s1. The fraction of sp³-hybridized carbons (Fsp3) is 0.474. The molecule has 1 atom stereocenters. The second kappa shape index (κ2) is 7.78. The van der Waals surface area contributed by atoms with Crippen molar-refractivity contribution in [3.05, 3.63) is 35.8 Å². The third-order valence-electron chi connectivity index (χ3n) is 4.45. The predicted octanol–water partition coefficient (Wildman–Crippen LogP) is 1.81. The lowest BCUT2D eigenvalue weighted by atomic mass is 10.0. The van der Waals surface area contributed by atoms with Crippen LogP contribution in [0.3, 0.4) is 0 Å². The Balaban J connectivity index is 1.99. The maximum atomic E-state index is 11.8. The van der Waals surface area contributed by atoms with Gasteiger partial charge in [-0.2, -0.15) is 0 Å². The molecule has 0 saturated carbocycles. The molecule has 7 heteroatoms. The molecule has 0 saturated heterocycles. The van der Waals surface area contributed by atoms with Crippen molar-refractivity contribution in [2.24, 2.45) is 0 Å². The first-order valence-corrected chi connectivity index (χ1v) is 8.91. The Labute approximate surface area is 154 Å². The van der Waals surface area contributed by atoms with Crippen LogP contribution in [-0.4, -0.2) is 63.9 Å². The summed E-state index contributed by atoms with van der Waals surface area (Å²) in [4.78, 5) is 29.5. The number of anilines is 1. The molecule has 0 aromatic carbocycles. The SMILES string of the molecule is CC(=O)N1CCc2c(nc(-c3cccnc3)nc2N[C@H](C)CN(C)C)C1. The zero-order valence-electron chi connectivity index (χ0n) is 15.9. The molecule has 0 radical (unpaired) electrons. The molecule has 0 spiro atoms. The summed E-state index contributed by atoms with van der Waals surface area (Å²) in [6.07, 6.45) is 4.26. The van der Waals surface area contributed by atoms with Crippen LogP contribution in [0, 0.1) is 0 Å². The van der Waals surface area contributed by atoms with Gasteiger partial charge in [0.2, 0.25) is 5.91 Å². The van der Waals surface area contributed by atoms with E-state index >= 15 is 0 Å². The first-order valence-electron chi connectivity index (χ1n) is 8.91. The number of amides is 1. The monoisotopic (exact) mass is 354 g/mol. The van der Waals surface area contributed by atoms with Gasteiger partial charge in [0.25, 0.3) is 0 Å². The van der Waals surface area contributed by atoms with E-state index in [4.69, 9.17) is 9.97 Å². The van der Waals surface area contributed by atoms with E-state index < -0.39 is 0 Å². The number of aromatic nitrogens is 3. The molecule has 3 heterocycles. The molecular weight excluding hydrogens is 328 g/mol. The van der Waals surface area contributed by atoms with Crippen molar-refractivity contribution in [2.75, 3.05) is 32.5 Å². The van der Waals surface area contributed by atoms with Gasteiger partial charge in [0.1, 0.15) is 5.82 Å². The summed E-state index contributed by atoms with van der Waals surface area (Å²) in [5, 5.41) is 3.54. The number of fused-ring (bicyclic) bond motifs is 1. The van der Waals surface area contributed by atoms with Crippen LogP contribution in [0.5, 0.6) is 0 Å². The number of hydrogen-bond donors (Lipinski definition) is 1. The minimum absolute atomic E-state index is 0.0766. The number of hydrogen-bond acceptors (Lipinski definition) is 6. The minimum Gasteiger partial charge on any atom is -0.366 e. The van der Waals surface area contributed by atoms with Crippen molar-refractivity contribution in [2.45, 2.75) is 32.9 Å². The molecule has 1 aliphatic heterocycles. The third kappa shape index (κ3) is 4.16. The van der Waals surface area contributed by atoms with Crippen LogP contribution in [0.4, 0.5) is 5.82 Å². The van der Waals surface area contributed by atoms with E-state index in [0.717, 1.165) is 35.6 Å². The molecule has 1 amide bonds. The van der Waals surface area contributed by atoms with E-state index in [0.29, 0.717) is 18.9 Å². The summed E-state index contributed by atoms with van der Waals surface area (Å²) < 4.78 is 0. The summed E-state index contributed by atoms with van der Waals surface area (Å²) >= 11 is 0. The molecule has 1 aliphatic rings. The van der Waals surface area contributed by atoms with Crippen molar-refractivity contribution in [1.82, 2.24) is 24.8 Å². The zero-order valence-corrected chi connectivity index (χ0v) is 15.9. The van der Waals surface area contributed by atoms with Gasteiger partial charge in [0.15, 0.2) is 5.82 Å². The molecular formula is C19H26N6O. The maximum Gasteiger partial charge on any atom is 0.219 e. The van der Waals surface area contributed by atoms with E-state index in [1.807, 2.05) is 17.0 Å². The van der Waals surface area contributed by atoms with Gasteiger partial charge in [0.05, 0.1) is 12.2 Å². The Hall–Kier alpha value is -2.54. The molecule has 7 nitrogen and oxygen atoms in total. The molecule has 138 valence electrons. The number of pyridine rings is 1. The summed E-state index contributed by atoms with van der Waals surface area (Å²) in [5.74, 6) is 1.58. The molecule has 26 heavy (non-hydrogen) atoms. The number of likely N-dealkylation sites (N-methyl/N-ethyl adjacent to an activating group) is 1. The number of nitrogens with zero attached hydrogens (tertiary/aromatic N) is 5. The molecule has 0 bridgehead atoms. The molecule has 2 aromatic rings. The first kappa shape index (κ1) is 18.3. The van der Waals surface area contributed by atoms with Gasteiger partial charge in [0, 0.05) is 49.6 Å². The van der Waals surface area contributed by atoms with Crippen LogP contribution < -0.4 is 5.32 Å². The Morgan fingerprint density at radius 2 is 2.19 bits per heavy atom. The smallest absolute Gasteiger partial charge is 0.219 e. The zero-order chi connectivity index (χ0) is 18.7. The van der Waals surface area contributed by atoms with Crippen molar-refractivity contribution in [3.63, 3.8) is 0 Å². The summed E-state index contributed by atoms with van der Waals surface area (Å²) in [5.41, 5.74) is 2.90. The minimum atomic E-state index is 0.0766. The highest BCUT2D eigenvalue weighted by molar-refractivity contribution is 5.74. The van der Waals surface area contributed by atoms with Crippen LogP contribution >= 0.6 is 0 Å². The maximum absolute atomic E-state index is 11.8. The Bertz CT molecular complexity index is 777. The van der Waals surface area contributed by atoms with E-state index in [1.165, 1.54) is 0 Å². The average molecular weight is 354 g/mol. The predicted molar refractivity (Wildman–Crippen MR) is 102 cm³/mol. The fourth-order valence-electron chi connectivity index (χ4n) is 3.27. The Morgan fingerprint density at radius 3 is 2.85 bits per heavy atom. The summed E-state index contributed by atoms with van der Waals surface area (Å²) in [6.45, 7) is 5.88. The highest BCUT2D eigenvalue weighted by atomic mass is 16.2. The molecule has 0 unspecified atom stereocenters. The number of carbonyl (C=O) groups excluding carboxylic acids is 1. The largest absolute Gasteiger partial charge is 0.366 e. The first-order chi connectivity index (χ1) is 12.4. The lowest BCUT2D eigenvalue weighted by Crippen LogP contribution is -2.36. The van der Waals surface area contributed by atoms with Crippen LogP contribution in [0.25, 0.3) is 11.4 Å². The van der Waals surface area contributed by atoms with Gasteiger partial charge in [-0.1, -0.05) is 0 Å². The van der Waals surface area contributed by atoms with Crippen LogP contribution in [0.2, 0.25) is 0 Å². The van der Waals surface area contributed by atoms with Gasteiger partial charge in [-0.25, -0.2) is 9.97 Å². The van der Waals surface area contributed by atoms with Crippen LogP contribution in [0.15, 0.2) is 24.5 Å². The molecule has 0 aliphatic carbocycles. The van der Waals surface area contributed by atoms with Crippen molar-refractivity contribution >= 4 is 11.7 Å². The fourth-order valence-corrected chi connectivity index (χ4v) is 3.27. The number of carbonyl (C=O) groups is 1. The molecule has 1 N–H and O–H groups in total. The van der Waals surface area contributed by atoms with Crippen molar-refractivity contribution in [3.8, 4) is 11.4 Å². The Kier molecular flexibility index (Phi) is 5.46. The second-order valence-electron chi connectivity index (χ2n) is 7.06. The van der Waals surface area contributed by atoms with Crippen molar-refractivity contribution < 1.29 is 4.79 Å². The van der Waals surface area contributed by atoms with Gasteiger partial charge < -0.3 is 15.1 Å². The van der Waals surface area contributed by atoms with Crippen LogP contribution in [0.1, 0.15) is 25.1 Å². The number of nitrogens with one attached hydrogen (secondary N) is 1. The van der Waals surface area contributed by atoms with Crippen molar-refractivity contribution in [1.29, 1.82) is 0 Å². The van der Waals surface area contributed by atoms with E-state index in [-0.39, 0.29) is 11.9 Å². The van der Waals surface area contributed by atoms with E-state index in [2.05, 4.69) is 36.2 Å². The third-order valence-corrected chi connectivity index (χ3v) is 4.45.